The lowest BCUT2D eigenvalue weighted by Crippen LogP contribution is -2.44. The predicted octanol–water partition coefficient (Wildman–Crippen LogP) is 4.89. The standard InChI is InChI=1S/C21H24ClN3O3/c1-14-9-8-10-15(2)20(14)25(19(26)13-22)17(4)16(3)24-28-21(27)23-18-11-6-5-7-12-18/h5-12,17H,13H2,1-4H3,(H,23,27). The zero-order valence-corrected chi connectivity index (χ0v) is 17.2. The van der Waals surface area contributed by atoms with E-state index in [0.717, 1.165) is 16.8 Å². The molecule has 1 atom stereocenters. The Bertz CT molecular complexity index is 848. The largest absolute Gasteiger partial charge is 0.437 e. The van der Waals surface area contributed by atoms with E-state index in [2.05, 4.69) is 10.5 Å². The van der Waals surface area contributed by atoms with Crippen molar-refractivity contribution in [1.82, 2.24) is 0 Å². The van der Waals surface area contributed by atoms with Crippen molar-refractivity contribution < 1.29 is 14.4 Å². The smallest absolute Gasteiger partial charge is 0.302 e. The van der Waals surface area contributed by atoms with Crippen LogP contribution in [0.15, 0.2) is 53.7 Å². The molecule has 148 valence electrons. The molecule has 0 aliphatic heterocycles. The van der Waals surface area contributed by atoms with Crippen LogP contribution in [0.3, 0.4) is 0 Å². The maximum atomic E-state index is 12.6. The number of oxime groups is 1. The molecule has 0 radical (unpaired) electrons. The highest BCUT2D eigenvalue weighted by Gasteiger charge is 2.26. The number of halogens is 1. The third kappa shape index (κ3) is 5.33. The van der Waals surface area contributed by atoms with Gasteiger partial charge >= 0.3 is 6.09 Å². The Balaban J connectivity index is 2.19. The van der Waals surface area contributed by atoms with Crippen LogP contribution in [-0.4, -0.2) is 29.6 Å². The number of carbonyl (C=O) groups is 2. The molecule has 0 aliphatic rings. The minimum absolute atomic E-state index is 0.166. The first kappa shape index (κ1) is 21.4. The van der Waals surface area contributed by atoms with E-state index in [-0.39, 0.29) is 11.8 Å². The summed E-state index contributed by atoms with van der Waals surface area (Å²) in [6, 6.07) is 14.3. The van der Waals surface area contributed by atoms with Gasteiger partial charge in [-0.3, -0.25) is 14.9 Å². The van der Waals surface area contributed by atoms with Gasteiger partial charge in [-0.15, -0.1) is 11.6 Å². The number of alkyl halides is 1. The molecule has 2 aromatic carbocycles. The summed E-state index contributed by atoms with van der Waals surface area (Å²) >= 11 is 5.84. The molecule has 0 heterocycles. The van der Waals surface area contributed by atoms with Crippen LogP contribution in [0.2, 0.25) is 0 Å². The van der Waals surface area contributed by atoms with Gasteiger partial charge in [-0.05, 0) is 51.0 Å². The number of nitrogens with zero attached hydrogens (tertiary/aromatic N) is 2. The van der Waals surface area contributed by atoms with Crippen molar-refractivity contribution in [2.24, 2.45) is 5.16 Å². The van der Waals surface area contributed by atoms with E-state index in [9.17, 15) is 9.59 Å². The van der Waals surface area contributed by atoms with Crippen LogP contribution in [0.4, 0.5) is 16.2 Å². The summed E-state index contributed by atoms with van der Waals surface area (Å²) in [4.78, 5) is 31.0. The predicted molar refractivity (Wildman–Crippen MR) is 113 cm³/mol. The third-order valence-electron chi connectivity index (χ3n) is 4.35. The number of amides is 2. The second kappa shape index (κ2) is 9.90. The second-order valence-corrected chi connectivity index (χ2v) is 6.68. The zero-order valence-electron chi connectivity index (χ0n) is 16.4. The summed E-state index contributed by atoms with van der Waals surface area (Å²) in [5.74, 6) is -0.421. The second-order valence-electron chi connectivity index (χ2n) is 6.42. The van der Waals surface area contributed by atoms with Gasteiger partial charge in [-0.1, -0.05) is 41.6 Å². The third-order valence-corrected chi connectivity index (χ3v) is 4.58. The average molecular weight is 402 g/mol. The number of rotatable bonds is 6. The maximum absolute atomic E-state index is 12.6. The Labute approximate surface area is 170 Å². The molecule has 0 fully saturated rings. The molecule has 28 heavy (non-hydrogen) atoms. The van der Waals surface area contributed by atoms with Crippen molar-refractivity contribution in [2.45, 2.75) is 33.7 Å². The molecule has 0 saturated heterocycles. The van der Waals surface area contributed by atoms with Gasteiger partial charge in [-0.25, -0.2) is 4.79 Å². The summed E-state index contributed by atoms with van der Waals surface area (Å²) in [6.07, 6.45) is -0.708. The van der Waals surface area contributed by atoms with Crippen LogP contribution >= 0.6 is 11.6 Å². The first-order valence-corrected chi connectivity index (χ1v) is 9.40. The fourth-order valence-electron chi connectivity index (χ4n) is 2.82. The van der Waals surface area contributed by atoms with E-state index >= 15 is 0 Å². The van der Waals surface area contributed by atoms with E-state index < -0.39 is 12.1 Å². The molecule has 0 saturated carbocycles. The topological polar surface area (TPSA) is 71.0 Å². The Morgan fingerprint density at radius 2 is 1.71 bits per heavy atom. The average Bonchev–Trinajstić information content (AvgIpc) is 2.68. The highest BCUT2D eigenvalue weighted by molar-refractivity contribution is 6.30. The molecule has 0 bridgehead atoms. The number of para-hydroxylation sites is 2. The quantitative estimate of drug-likeness (QED) is 0.324. The van der Waals surface area contributed by atoms with Crippen LogP contribution < -0.4 is 10.2 Å². The van der Waals surface area contributed by atoms with Crippen molar-refractivity contribution in [3.8, 4) is 0 Å². The highest BCUT2D eigenvalue weighted by Crippen LogP contribution is 2.27. The lowest BCUT2D eigenvalue weighted by atomic mass is 10.0. The summed E-state index contributed by atoms with van der Waals surface area (Å²) in [6.45, 7) is 7.37. The van der Waals surface area contributed by atoms with E-state index in [1.807, 2.05) is 45.0 Å². The van der Waals surface area contributed by atoms with E-state index in [4.69, 9.17) is 16.4 Å². The molecule has 2 aromatic rings. The zero-order chi connectivity index (χ0) is 20.7. The van der Waals surface area contributed by atoms with Gasteiger partial charge in [0.25, 0.3) is 0 Å². The monoisotopic (exact) mass is 401 g/mol. The van der Waals surface area contributed by atoms with Crippen LogP contribution in [0.1, 0.15) is 25.0 Å². The normalized spacial score (nSPS) is 12.2. The van der Waals surface area contributed by atoms with Gasteiger partial charge in [0.1, 0.15) is 5.88 Å². The highest BCUT2D eigenvalue weighted by atomic mass is 35.5. The SMILES string of the molecule is CC(=NOC(=O)Nc1ccccc1)C(C)N(C(=O)CCl)c1c(C)cccc1C. The van der Waals surface area contributed by atoms with Gasteiger partial charge in [0, 0.05) is 5.69 Å². The maximum Gasteiger partial charge on any atom is 0.437 e. The number of benzene rings is 2. The lowest BCUT2D eigenvalue weighted by molar-refractivity contribution is -0.116. The van der Waals surface area contributed by atoms with Gasteiger partial charge in [0.15, 0.2) is 0 Å². The molecule has 2 rings (SSSR count). The fourth-order valence-corrected chi connectivity index (χ4v) is 2.95. The van der Waals surface area contributed by atoms with Crippen molar-refractivity contribution in [1.29, 1.82) is 0 Å². The Morgan fingerprint density at radius 3 is 2.29 bits per heavy atom. The molecule has 0 aromatic heterocycles. The molecule has 2 amide bonds. The first-order chi connectivity index (χ1) is 13.3. The molecule has 0 aliphatic carbocycles. The summed E-state index contributed by atoms with van der Waals surface area (Å²) < 4.78 is 0. The van der Waals surface area contributed by atoms with E-state index in [1.165, 1.54) is 0 Å². The number of carbonyl (C=O) groups excluding carboxylic acids is 2. The Hall–Kier alpha value is -2.86. The molecule has 0 spiro atoms. The van der Waals surface area contributed by atoms with E-state index in [1.54, 1.807) is 36.1 Å². The number of hydrogen-bond donors (Lipinski definition) is 1. The van der Waals surface area contributed by atoms with Gasteiger partial charge in [-0.2, -0.15) is 0 Å². The van der Waals surface area contributed by atoms with Gasteiger partial charge in [0.2, 0.25) is 5.91 Å². The van der Waals surface area contributed by atoms with Crippen LogP contribution in [0.5, 0.6) is 0 Å². The van der Waals surface area contributed by atoms with Crippen LogP contribution in [0, 0.1) is 13.8 Å². The molecule has 1 unspecified atom stereocenters. The first-order valence-electron chi connectivity index (χ1n) is 8.87. The fraction of sp³-hybridized carbons (Fsp3) is 0.286. The van der Waals surface area contributed by atoms with Crippen molar-refractivity contribution >= 4 is 40.7 Å². The van der Waals surface area contributed by atoms with Gasteiger partial charge in [0.05, 0.1) is 17.4 Å². The summed E-state index contributed by atoms with van der Waals surface area (Å²) in [7, 11) is 0. The summed E-state index contributed by atoms with van der Waals surface area (Å²) in [5, 5.41) is 6.49. The number of anilines is 2. The molecular weight excluding hydrogens is 378 g/mol. The minimum Gasteiger partial charge on any atom is -0.302 e. The van der Waals surface area contributed by atoms with Crippen LogP contribution in [-0.2, 0) is 9.63 Å². The molecule has 6 nitrogen and oxygen atoms in total. The lowest BCUT2D eigenvalue weighted by Gasteiger charge is -2.31. The Kier molecular flexibility index (Phi) is 7.58. The van der Waals surface area contributed by atoms with E-state index in [0.29, 0.717) is 11.4 Å². The number of hydrogen-bond acceptors (Lipinski definition) is 4. The van der Waals surface area contributed by atoms with Crippen LogP contribution in [0.25, 0.3) is 0 Å². The minimum atomic E-state index is -0.708. The molecule has 7 heteroatoms. The molecule has 1 N–H and O–H groups in total. The number of nitrogens with one attached hydrogen (secondary N) is 1. The van der Waals surface area contributed by atoms with Crippen molar-refractivity contribution in [2.75, 3.05) is 16.1 Å². The summed E-state index contributed by atoms with van der Waals surface area (Å²) in [5.41, 5.74) is 3.73. The Morgan fingerprint density at radius 1 is 1.11 bits per heavy atom. The van der Waals surface area contributed by atoms with Crippen molar-refractivity contribution in [3.63, 3.8) is 0 Å². The van der Waals surface area contributed by atoms with Crippen molar-refractivity contribution in [3.05, 3.63) is 59.7 Å². The molecular formula is C21H24ClN3O3. The number of aryl methyl sites for hydroxylation is 2. The van der Waals surface area contributed by atoms with Gasteiger partial charge < -0.3 is 4.90 Å².